The second kappa shape index (κ2) is 15.5. The minimum atomic E-state index is -1.38. The minimum absolute atomic E-state index is 0.0634. The van der Waals surface area contributed by atoms with Crippen molar-refractivity contribution in [2.45, 2.75) is 57.2 Å². The Morgan fingerprint density at radius 2 is 1.96 bits per heavy atom. The number of carboxylic acid groups (broad SMARTS) is 1. The van der Waals surface area contributed by atoms with Gasteiger partial charge in [0.2, 0.25) is 5.91 Å². The average molecular weight is 690 g/mol. The van der Waals surface area contributed by atoms with E-state index in [1.807, 2.05) is 48.2 Å². The van der Waals surface area contributed by atoms with Crippen LogP contribution in [0.3, 0.4) is 0 Å². The number of aromatic nitrogens is 3. The maximum Gasteiger partial charge on any atom is 0.330 e. The molecule has 2 aromatic heterocycles. The third-order valence-electron chi connectivity index (χ3n) is 9.90. The SMILES string of the molecule is COc1ccc2c(OCCC3NC(=O)N(C)CCCC/C=C\C4CC4(C(=O)O)NC3=O)cc(-c3cnn(CCN4CCOCC4)c3)nc2c1C. The molecule has 1 aromatic carbocycles. The molecule has 0 radical (unpaired) electrons. The number of ether oxygens (including phenoxy) is 3. The van der Waals surface area contributed by atoms with Crippen LogP contribution in [-0.4, -0.2) is 119 Å². The van der Waals surface area contributed by atoms with Crippen LogP contribution < -0.4 is 20.1 Å². The van der Waals surface area contributed by atoms with Crippen LogP contribution in [0.25, 0.3) is 22.2 Å². The lowest BCUT2D eigenvalue weighted by Crippen LogP contribution is -2.55. The molecule has 50 heavy (non-hydrogen) atoms. The van der Waals surface area contributed by atoms with Crippen molar-refractivity contribution < 1.29 is 33.7 Å². The number of allylic oxidation sites excluding steroid dienone is 1. The molecule has 4 heterocycles. The predicted molar refractivity (Wildman–Crippen MR) is 186 cm³/mol. The Morgan fingerprint density at radius 1 is 1.14 bits per heavy atom. The van der Waals surface area contributed by atoms with Gasteiger partial charge in [-0.05, 0) is 44.7 Å². The van der Waals surface area contributed by atoms with Crippen LogP contribution in [0.2, 0.25) is 0 Å². The second-order valence-corrected chi connectivity index (χ2v) is 13.3. The fourth-order valence-electron chi connectivity index (χ4n) is 6.61. The second-order valence-electron chi connectivity index (χ2n) is 13.3. The first-order valence-corrected chi connectivity index (χ1v) is 17.4. The van der Waals surface area contributed by atoms with Crippen LogP contribution in [0.5, 0.6) is 11.5 Å². The Balaban J connectivity index is 1.22. The summed E-state index contributed by atoms with van der Waals surface area (Å²) in [5.74, 6) is -0.699. The van der Waals surface area contributed by atoms with E-state index < -0.39 is 29.5 Å². The van der Waals surface area contributed by atoms with Gasteiger partial charge in [0.15, 0.2) is 0 Å². The standard InChI is InChI=1S/C36H47N7O7/c1-24-30(48-3)10-9-27-31(20-29(38-32(24)27)25-22-37-43(23-25)14-13-42-15-18-49-19-16-42)50-17-11-28-33(44)40-36(34(45)46)21-26(36)8-6-4-5-7-12-41(2)35(47)39-28/h6,8-10,20,22-23,26,28H,4-5,7,11-19,21H2,1-3H3,(H,39,47)(H,40,44)(H,45,46)/b8-6-. The molecule has 1 saturated heterocycles. The number of amides is 3. The van der Waals surface area contributed by atoms with Crippen molar-refractivity contribution in [1.82, 2.24) is 35.2 Å². The highest BCUT2D eigenvalue weighted by Crippen LogP contribution is 2.45. The van der Waals surface area contributed by atoms with Crippen molar-refractivity contribution in [2.24, 2.45) is 5.92 Å². The first-order chi connectivity index (χ1) is 24.2. The van der Waals surface area contributed by atoms with Crippen LogP contribution in [0.15, 0.2) is 42.7 Å². The molecule has 2 aliphatic heterocycles. The number of carboxylic acids is 1. The van der Waals surface area contributed by atoms with Crippen LogP contribution in [0.1, 0.15) is 37.7 Å². The Bertz CT molecular complexity index is 1740. The van der Waals surface area contributed by atoms with Crippen molar-refractivity contribution in [2.75, 3.05) is 60.2 Å². The molecular weight excluding hydrogens is 642 g/mol. The van der Waals surface area contributed by atoms with E-state index in [2.05, 4.69) is 20.6 Å². The summed E-state index contributed by atoms with van der Waals surface area (Å²) >= 11 is 0. The minimum Gasteiger partial charge on any atom is -0.496 e. The van der Waals surface area contributed by atoms with Crippen molar-refractivity contribution in [3.8, 4) is 22.8 Å². The Labute approximate surface area is 291 Å². The molecule has 3 aromatic rings. The van der Waals surface area contributed by atoms with E-state index in [1.54, 1.807) is 25.3 Å². The van der Waals surface area contributed by atoms with Gasteiger partial charge in [-0.1, -0.05) is 12.2 Å². The highest BCUT2D eigenvalue weighted by Gasteiger charge is 2.60. The van der Waals surface area contributed by atoms with Gasteiger partial charge >= 0.3 is 12.0 Å². The van der Waals surface area contributed by atoms with Crippen molar-refractivity contribution in [3.63, 3.8) is 0 Å². The number of methoxy groups -OCH3 is 1. The number of urea groups is 1. The number of hydrogen-bond acceptors (Lipinski definition) is 9. The molecule has 3 unspecified atom stereocenters. The van der Waals surface area contributed by atoms with Gasteiger partial charge in [0.05, 0.1) is 50.9 Å². The number of nitrogens with one attached hydrogen (secondary N) is 2. The third kappa shape index (κ3) is 7.86. The monoisotopic (exact) mass is 689 g/mol. The summed E-state index contributed by atoms with van der Waals surface area (Å²) in [7, 11) is 3.30. The number of carbonyl (C=O) groups is 3. The number of benzene rings is 1. The molecule has 3 amide bonds. The fraction of sp³-hybridized carbons (Fsp3) is 0.528. The number of pyridine rings is 1. The number of nitrogens with zero attached hydrogens (tertiary/aromatic N) is 5. The topological polar surface area (TPSA) is 160 Å². The molecule has 0 bridgehead atoms. The van der Waals surface area contributed by atoms with Crippen LogP contribution in [0.4, 0.5) is 4.79 Å². The summed E-state index contributed by atoms with van der Waals surface area (Å²) < 4.78 is 19.3. The molecule has 3 aliphatic rings. The summed E-state index contributed by atoms with van der Waals surface area (Å²) in [6.45, 7) is 7.43. The Hall–Kier alpha value is -4.69. The lowest BCUT2D eigenvalue weighted by molar-refractivity contribution is -0.143. The maximum absolute atomic E-state index is 13.6. The van der Waals surface area contributed by atoms with Crippen LogP contribution in [-0.2, 0) is 20.9 Å². The van der Waals surface area contributed by atoms with Gasteiger partial charge in [-0.15, -0.1) is 0 Å². The first kappa shape index (κ1) is 35.1. The summed E-state index contributed by atoms with van der Waals surface area (Å²) in [6.07, 6.45) is 10.5. The normalized spacial score (nSPS) is 24.1. The molecule has 2 fully saturated rings. The number of hydrogen-bond donors (Lipinski definition) is 3. The van der Waals surface area contributed by atoms with E-state index >= 15 is 0 Å². The quantitative estimate of drug-likeness (QED) is 0.270. The highest BCUT2D eigenvalue weighted by atomic mass is 16.5. The molecule has 3 N–H and O–H groups in total. The third-order valence-corrected chi connectivity index (χ3v) is 9.90. The highest BCUT2D eigenvalue weighted by molar-refractivity contribution is 5.94. The van der Waals surface area contributed by atoms with Gasteiger partial charge in [-0.2, -0.15) is 5.10 Å². The van der Waals surface area contributed by atoms with E-state index in [0.29, 0.717) is 35.7 Å². The predicted octanol–water partition coefficient (Wildman–Crippen LogP) is 3.23. The summed E-state index contributed by atoms with van der Waals surface area (Å²) in [5, 5.41) is 21.0. The van der Waals surface area contributed by atoms with Crippen LogP contribution in [0, 0.1) is 12.8 Å². The molecule has 3 atom stereocenters. The molecule has 14 nitrogen and oxygen atoms in total. The fourth-order valence-corrected chi connectivity index (χ4v) is 6.61. The van der Waals surface area contributed by atoms with Gasteiger partial charge in [0.25, 0.3) is 0 Å². The van der Waals surface area contributed by atoms with E-state index in [9.17, 15) is 19.5 Å². The summed E-state index contributed by atoms with van der Waals surface area (Å²) in [5.41, 5.74) is 1.67. The molecule has 0 spiro atoms. The molecule has 14 heteroatoms. The number of rotatable bonds is 10. The van der Waals surface area contributed by atoms with Crippen molar-refractivity contribution in [3.05, 3.63) is 48.3 Å². The number of aliphatic carboxylic acids is 1. The zero-order chi connectivity index (χ0) is 35.3. The number of fused-ring (bicyclic) bond motifs is 2. The van der Waals surface area contributed by atoms with Crippen LogP contribution >= 0.6 is 0 Å². The summed E-state index contributed by atoms with van der Waals surface area (Å²) in [4.78, 5) is 47.9. The lowest BCUT2D eigenvalue weighted by Gasteiger charge is -2.26. The van der Waals surface area contributed by atoms with Gasteiger partial charge in [-0.3, -0.25) is 14.4 Å². The summed E-state index contributed by atoms with van der Waals surface area (Å²) in [6, 6.07) is 4.19. The van der Waals surface area contributed by atoms with Gasteiger partial charge in [-0.25, -0.2) is 14.6 Å². The smallest absolute Gasteiger partial charge is 0.330 e. The molecular formula is C36H47N7O7. The maximum atomic E-state index is 13.6. The molecule has 6 rings (SSSR count). The van der Waals surface area contributed by atoms with Gasteiger partial charge in [0.1, 0.15) is 23.1 Å². The van der Waals surface area contributed by atoms with Crippen molar-refractivity contribution >= 4 is 28.8 Å². The average Bonchev–Trinajstić information content (AvgIpc) is 3.60. The largest absolute Gasteiger partial charge is 0.496 e. The van der Waals surface area contributed by atoms with Crippen molar-refractivity contribution in [1.29, 1.82) is 0 Å². The van der Waals surface area contributed by atoms with E-state index in [4.69, 9.17) is 19.2 Å². The zero-order valence-corrected chi connectivity index (χ0v) is 29.0. The number of morpholine rings is 1. The van der Waals surface area contributed by atoms with E-state index in [0.717, 1.165) is 75.2 Å². The zero-order valence-electron chi connectivity index (χ0n) is 29.0. The Kier molecular flexibility index (Phi) is 10.9. The van der Waals surface area contributed by atoms with E-state index in [-0.39, 0.29) is 18.9 Å². The van der Waals surface area contributed by atoms with Gasteiger partial charge < -0.3 is 34.9 Å². The molecule has 1 saturated carbocycles. The Morgan fingerprint density at radius 3 is 2.74 bits per heavy atom. The lowest BCUT2D eigenvalue weighted by atomic mass is 10.1. The molecule has 1 aliphatic carbocycles. The first-order valence-electron chi connectivity index (χ1n) is 17.4. The van der Waals surface area contributed by atoms with E-state index in [1.165, 1.54) is 0 Å². The number of aryl methyl sites for hydroxylation is 1. The van der Waals surface area contributed by atoms with Gasteiger partial charge in [0, 0.05) is 74.3 Å². The molecule has 268 valence electrons. The number of carbonyl (C=O) groups excluding carboxylic acids is 2.